The second-order valence-corrected chi connectivity index (χ2v) is 7.26. The molecular weight excluding hydrogens is 336 g/mol. The van der Waals surface area contributed by atoms with Gasteiger partial charge in [0, 0.05) is 24.0 Å². The van der Waals surface area contributed by atoms with E-state index in [1.54, 1.807) is 24.5 Å². The number of hydrogen-bond acceptors (Lipinski definition) is 3. The Morgan fingerprint density at radius 3 is 2.60 bits per heavy atom. The molecule has 0 spiro atoms. The Labute approximate surface area is 153 Å². The molecule has 3 rings (SSSR count). The molecule has 1 aliphatic carbocycles. The molecule has 5 heteroatoms. The van der Waals surface area contributed by atoms with Crippen molar-refractivity contribution in [3.63, 3.8) is 0 Å². The Bertz CT molecular complexity index is 697. The first-order valence-electron chi connectivity index (χ1n) is 8.70. The highest BCUT2D eigenvalue weighted by Crippen LogP contribution is 2.29. The van der Waals surface area contributed by atoms with Crippen LogP contribution in [0.2, 0.25) is 5.02 Å². The summed E-state index contributed by atoms with van der Waals surface area (Å²) in [7, 11) is 0. The summed E-state index contributed by atoms with van der Waals surface area (Å²) >= 11 is 5.98. The maximum Gasteiger partial charge on any atom is 0.227 e. The van der Waals surface area contributed by atoms with Crippen molar-refractivity contribution in [2.45, 2.75) is 43.6 Å². The van der Waals surface area contributed by atoms with E-state index in [1.165, 1.54) is 0 Å². The van der Waals surface area contributed by atoms with E-state index < -0.39 is 5.60 Å². The van der Waals surface area contributed by atoms with Gasteiger partial charge in [0.15, 0.2) is 0 Å². The number of aromatic nitrogens is 1. The van der Waals surface area contributed by atoms with Gasteiger partial charge in [-0.1, -0.05) is 42.6 Å². The molecule has 0 bridgehead atoms. The van der Waals surface area contributed by atoms with Crippen LogP contribution in [0.1, 0.15) is 42.7 Å². The number of nitrogens with one attached hydrogen (secondary N) is 1. The van der Waals surface area contributed by atoms with Crippen LogP contribution in [0.5, 0.6) is 0 Å². The first-order valence-corrected chi connectivity index (χ1v) is 9.08. The van der Waals surface area contributed by atoms with Crippen LogP contribution in [0.25, 0.3) is 0 Å². The third-order valence-electron chi connectivity index (χ3n) is 4.88. The van der Waals surface area contributed by atoms with E-state index >= 15 is 0 Å². The van der Waals surface area contributed by atoms with E-state index in [0.29, 0.717) is 18.0 Å². The molecule has 4 nitrogen and oxygen atoms in total. The Morgan fingerprint density at radius 2 is 1.96 bits per heavy atom. The molecule has 2 aromatic rings. The summed E-state index contributed by atoms with van der Waals surface area (Å²) in [6.07, 6.45) is 7.59. The van der Waals surface area contributed by atoms with Crippen molar-refractivity contribution in [1.82, 2.24) is 10.3 Å². The van der Waals surface area contributed by atoms with Gasteiger partial charge in [0.1, 0.15) is 0 Å². The summed E-state index contributed by atoms with van der Waals surface area (Å²) in [5.41, 5.74) is 1.15. The minimum absolute atomic E-state index is 0.0773. The Kier molecular flexibility index (Phi) is 5.71. The van der Waals surface area contributed by atoms with Crippen molar-refractivity contribution in [3.05, 3.63) is 64.9 Å². The van der Waals surface area contributed by atoms with E-state index in [2.05, 4.69) is 10.3 Å². The van der Waals surface area contributed by atoms with E-state index in [0.717, 1.165) is 36.8 Å². The van der Waals surface area contributed by atoms with Crippen molar-refractivity contribution < 1.29 is 9.90 Å². The molecule has 0 aliphatic heterocycles. The van der Waals surface area contributed by atoms with Gasteiger partial charge in [-0.2, -0.15) is 0 Å². The molecule has 25 heavy (non-hydrogen) atoms. The van der Waals surface area contributed by atoms with E-state index in [4.69, 9.17) is 11.6 Å². The maximum absolute atomic E-state index is 12.9. The standard InChI is InChI=1S/C20H23ClN2O2/c21-17-7-5-16(6-8-17)18(12-15-4-3-11-22-13-15)19(24)23-14-20(25)9-1-2-10-20/h3-8,11,13,18,25H,1-2,9-10,12,14H2,(H,23,24). The zero-order chi connectivity index (χ0) is 17.7. The number of aliphatic hydroxyl groups is 1. The number of rotatable bonds is 6. The molecule has 1 fully saturated rings. The number of pyridine rings is 1. The van der Waals surface area contributed by atoms with Gasteiger partial charge in [-0.15, -0.1) is 0 Å². The van der Waals surface area contributed by atoms with E-state index in [-0.39, 0.29) is 11.8 Å². The van der Waals surface area contributed by atoms with Gasteiger partial charge in [0.05, 0.1) is 11.5 Å². The highest BCUT2D eigenvalue weighted by atomic mass is 35.5. The monoisotopic (exact) mass is 358 g/mol. The van der Waals surface area contributed by atoms with Crippen LogP contribution in [-0.4, -0.2) is 28.1 Å². The van der Waals surface area contributed by atoms with Crippen LogP contribution >= 0.6 is 11.6 Å². The molecule has 1 saturated carbocycles. The maximum atomic E-state index is 12.9. The van der Waals surface area contributed by atoms with Crippen molar-refractivity contribution in [3.8, 4) is 0 Å². The van der Waals surface area contributed by atoms with Gasteiger partial charge in [0.2, 0.25) is 5.91 Å². The van der Waals surface area contributed by atoms with Crippen LogP contribution in [-0.2, 0) is 11.2 Å². The fourth-order valence-electron chi connectivity index (χ4n) is 3.40. The van der Waals surface area contributed by atoms with Gasteiger partial charge in [0.25, 0.3) is 0 Å². The molecule has 1 unspecified atom stereocenters. The van der Waals surface area contributed by atoms with Crippen molar-refractivity contribution in [2.75, 3.05) is 6.54 Å². The van der Waals surface area contributed by atoms with Gasteiger partial charge in [-0.05, 0) is 48.6 Å². The Hall–Kier alpha value is -1.91. The minimum atomic E-state index is -0.755. The summed E-state index contributed by atoms with van der Waals surface area (Å²) in [6, 6.07) is 11.2. The molecule has 1 aromatic heterocycles. The largest absolute Gasteiger partial charge is 0.388 e. The molecule has 1 heterocycles. The van der Waals surface area contributed by atoms with Crippen molar-refractivity contribution in [2.24, 2.45) is 0 Å². The lowest BCUT2D eigenvalue weighted by atomic mass is 9.91. The third kappa shape index (κ3) is 4.80. The molecule has 1 atom stereocenters. The number of benzene rings is 1. The van der Waals surface area contributed by atoms with E-state index in [1.807, 2.05) is 24.3 Å². The molecule has 1 aliphatic rings. The third-order valence-corrected chi connectivity index (χ3v) is 5.13. The van der Waals surface area contributed by atoms with Crippen LogP contribution in [0.3, 0.4) is 0 Å². The topological polar surface area (TPSA) is 62.2 Å². The SMILES string of the molecule is O=C(NCC1(O)CCCC1)C(Cc1cccnc1)c1ccc(Cl)cc1. The van der Waals surface area contributed by atoms with Crippen LogP contribution in [0.15, 0.2) is 48.8 Å². The number of nitrogens with zero attached hydrogens (tertiary/aromatic N) is 1. The second-order valence-electron chi connectivity index (χ2n) is 6.82. The predicted octanol–water partition coefficient (Wildman–Crippen LogP) is 3.48. The number of carbonyl (C=O) groups excluding carboxylic acids is 1. The number of carbonyl (C=O) groups is 1. The molecule has 1 amide bonds. The summed E-state index contributed by atoms with van der Waals surface area (Å²) in [5.74, 6) is -0.419. The zero-order valence-corrected chi connectivity index (χ0v) is 14.9. The summed E-state index contributed by atoms with van der Waals surface area (Å²) in [5, 5.41) is 14.1. The lowest BCUT2D eigenvalue weighted by Crippen LogP contribution is -2.42. The molecule has 132 valence electrons. The van der Waals surface area contributed by atoms with Gasteiger partial charge < -0.3 is 10.4 Å². The lowest BCUT2D eigenvalue weighted by molar-refractivity contribution is -0.123. The van der Waals surface area contributed by atoms with Gasteiger partial charge in [-0.3, -0.25) is 9.78 Å². The second kappa shape index (κ2) is 7.98. The van der Waals surface area contributed by atoms with Crippen LogP contribution in [0.4, 0.5) is 0 Å². The van der Waals surface area contributed by atoms with Crippen molar-refractivity contribution in [1.29, 1.82) is 0 Å². The van der Waals surface area contributed by atoms with E-state index in [9.17, 15) is 9.90 Å². The van der Waals surface area contributed by atoms with Crippen molar-refractivity contribution >= 4 is 17.5 Å². The molecule has 0 radical (unpaired) electrons. The zero-order valence-electron chi connectivity index (χ0n) is 14.1. The average Bonchev–Trinajstić information content (AvgIpc) is 3.06. The summed E-state index contributed by atoms with van der Waals surface area (Å²) in [6.45, 7) is 0.308. The summed E-state index contributed by atoms with van der Waals surface area (Å²) in [4.78, 5) is 17.0. The van der Waals surface area contributed by atoms with Crippen LogP contribution < -0.4 is 5.32 Å². The quantitative estimate of drug-likeness (QED) is 0.831. The molecule has 2 N–H and O–H groups in total. The Balaban J connectivity index is 1.75. The van der Waals surface area contributed by atoms with Crippen LogP contribution in [0, 0.1) is 0 Å². The Morgan fingerprint density at radius 1 is 1.24 bits per heavy atom. The van der Waals surface area contributed by atoms with Gasteiger partial charge >= 0.3 is 0 Å². The van der Waals surface area contributed by atoms with Gasteiger partial charge in [-0.25, -0.2) is 0 Å². The summed E-state index contributed by atoms with van der Waals surface area (Å²) < 4.78 is 0. The molecule has 0 saturated heterocycles. The molecular formula is C20H23ClN2O2. The average molecular weight is 359 g/mol. The number of halogens is 1. The smallest absolute Gasteiger partial charge is 0.227 e. The highest BCUT2D eigenvalue weighted by molar-refractivity contribution is 6.30. The fourth-order valence-corrected chi connectivity index (χ4v) is 3.52. The fraction of sp³-hybridized carbons (Fsp3) is 0.400. The minimum Gasteiger partial charge on any atom is -0.388 e. The highest BCUT2D eigenvalue weighted by Gasteiger charge is 2.32. The number of amides is 1. The normalized spacial score (nSPS) is 17.2. The first-order chi connectivity index (χ1) is 12.1. The molecule has 1 aromatic carbocycles. The predicted molar refractivity (Wildman–Crippen MR) is 98.6 cm³/mol. The lowest BCUT2D eigenvalue weighted by Gasteiger charge is -2.24. The first kappa shape index (κ1) is 17.9. The number of hydrogen-bond donors (Lipinski definition) is 2.